The topological polar surface area (TPSA) is 109 Å². The molecule has 4 rings (SSSR count). The minimum Gasteiger partial charge on any atom is -0.358 e. The van der Waals surface area contributed by atoms with Gasteiger partial charge in [0.2, 0.25) is 5.91 Å². The molecular formula is C27H31N3O4S. The van der Waals surface area contributed by atoms with Crippen molar-refractivity contribution in [2.24, 2.45) is 5.92 Å². The molecule has 7 nitrogen and oxygen atoms in total. The van der Waals surface area contributed by atoms with Crippen LogP contribution in [0.4, 0.5) is 5.82 Å². The van der Waals surface area contributed by atoms with Crippen molar-refractivity contribution in [3.8, 4) is 11.3 Å². The van der Waals surface area contributed by atoms with E-state index in [1.54, 1.807) is 33.0 Å². The van der Waals surface area contributed by atoms with Crippen molar-refractivity contribution in [3.63, 3.8) is 0 Å². The van der Waals surface area contributed by atoms with Gasteiger partial charge in [0.1, 0.15) is 5.82 Å². The summed E-state index contributed by atoms with van der Waals surface area (Å²) in [6.45, 7) is 6.50. The van der Waals surface area contributed by atoms with Crippen LogP contribution < -0.4 is 5.32 Å². The second-order valence-corrected chi connectivity index (χ2v) is 13.0. The van der Waals surface area contributed by atoms with Gasteiger partial charge in [-0.25, -0.2) is 13.4 Å². The number of fused-ring (bicyclic) bond motifs is 1. The summed E-state index contributed by atoms with van der Waals surface area (Å²) < 4.78 is 24.8. The standard InChI is InChI=1S/C27H31N3O4S/c1-17(31)29-24-15-20(10-11-28-24)26-21(12-18-8-6-5-7-9-18)25-22(30-26)13-19(14-23(25)32)16-35(33,34)27(2,3)4/h5-11,15,19,30H,12-14,16H2,1-4H3,(H,28,29,31). The molecule has 3 aromatic rings. The summed E-state index contributed by atoms with van der Waals surface area (Å²) in [7, 11) is -3.36. The Balaban J connectivity index is 1.77. The molecule has 0 saturated carbocycles. The Hall–Kier alpha value is -3.26. The monoisotopic (exact) mass is 493 g/mol. The molecule has 2 N–H and O–H groups in total. The number of aromatic nitrogens is 2. The maximum absolute atomic E-state index is 13.4. The van der Waals surface area contributed by atoms with Crippen molar-refractivity contribution in [1.82, 2.24) is 9.97 Å². The highest BCUT2D eigenvalue weighted by atomic mass is 32.2. The van der Waals surface area contributed by atoms with Crippen LogP contribution in [0.2, 0.25) is 0 Å². The highest BCUT2D eigenvalue weighted by Gasteiger charge is 2.37. The SMILES string of the molecule is CC(=O)Nc1cc(-c2[nH]c3c(c2Cc2ccccc2)C(=O)CC(CS(=O)(=O)C(C)(C)C)C3)ccn1. The van der Waals surface area contributed by atoms with Gasteiger partial charge in [-0.2, -0.15) is 0 Å². The third-order valence-electron chi connectivity index (χ3n) is 6.39. The number of carbonyl (C=O) groups is 2. The molecule has 0 fully saturated rings. The van der Waals surface area contributed by atoms with E-state index in [0.717, 1.165) is 28.1 Å². The lowest BCUT2D eigenvalue weighted by Crippen LogP contribution is -2.35. The van der Waals surface area contributed by atoms with Crippen molar-refractivity contribution >= 4 is 27.3 Å². The van der Waals surface area contributed by atoms with Crippen LogP contribution in [0.5, 0.6) is 0 Å². The van der Waals surface area contributed by atoms with E-state index in [9.17, 15) is 18.0 Å². The number of benzene rings is 1. The first-order chi connectivity index (χ1) is 16.4. The molecule has 1 unspecified atom stereocenters. The van der Waals surface area contributed by atoms with Gasteiger partial charge in [-0.05, 0) is 56.4 Å². The van der Waals surface area contributed by atoms with E-state index in [1.165, 1.54) is 6.92 Å². The predicted molar refractivity (Wildman–Crippen MR) is 137 cm³/mol. The van der Waals surface area contributed by atoms with E-state index in [-0.39, 0.29) is 29.8 Å². The Morgan fingerprint density at radius 1 is 1.14 bits per heavy atom. The number of H-pyrrole nitrogens is 1. The van der Waals surface area contributed by atoms with Gasteiger partial charge in [0.25, 0.3) is 0 Å². The Morgan fingerprint density at radius 2 is 1.86 bits per heavy atom. The molecule has 0 aliphatic heterocycles. The van der Waals surface area contributed by atoms with Crippen LogP contribution in [0.15, 0.2) is 48.7 Å². The predicted octanol–water partition coefficient (Wildman–Crippen LogP) is 4.58. The summed E-state index contributed by atoms with van der Waals surface area (Å²) in [4.78, 5) is 32.6. The van der Waals surface area contributed by atoms with Crippen LogP contribution in [-0.4, -0.2) is 40.6 Å². The van der Waals surface area contributed by atoms with Crippen molar-refractivity contribution in [3.05, 3.63) is 71.0 Å². The number of Topliss-reactive ketones (excluding diaryl/α,β-unsaturated/α-hetero) is 1. The van der Waals surface area contributed by atoms with E-state index < -0.39 is 14.6 Å². The first-order valence-corrected chi connectivity index (χ1v) is 13.4. The summed E-state index contributed by atoms with van der Waals surface area (Å²) in [5.41, 5.74) is 4.97. The number of rotatable bonds is 6. The van der Waals surface area contributed by atoms with Crippen LogP contribution in [-0.2, 0) is 27.5 Å². The highest BCUT2D eigenvalue weighted by molar-refractivity contribution is 7.92. The van der Waals surface area contributed by atoms with Crippen molar-refractivity contribution in [2.75, 3.05) is 11.1 Å². The van der Waals surface area contributed by atoms with E-state index in [2.05, 4.69) is 15.3 Å². The molecular weight excluding hydrogens is 462 g/mol. The van der Waals surface area contributed by atoms with Gasteiger partial charge in [-0.1, -0.05) is 30.3 Å². The molecule has 1 aliphatic rings. The largest absolute Gasteiger partial charge is 0.358 e. The van der Waals surface area contributed by atoms with E-state index in [0.29, 0.717) is 24.2 Å². The van der Waals surface area contributed by atoms with Crippen molar-refractivity contribution in [2.45, 2.75) is 51.7 Å². The van der Waals surface area contributed by atoms with Crippen LogP contribution in [0.1, 0.15) is 61.3 Å². The molecule has 2 aromatic heterocycles. The molecule has 1 aliphatic carbocycles. The number of sulfone groups is 1. The number of amides is 1. The van der Waals surface area contributed by atoms with E-state index in [1.807, 2.05) is 36.4 Å². The first-order valence-electron chi connectivity index (χ1n) is 11.7. The maximum atomic E-state index is 13.4. The molecule has 0 bridgehead atoms. The molecule has 0 radical (unpaired) electrons. The van der Waals surface area contributed by atoms with Gasteiger partial charge in [-0.15, -0.1) is 0 Å². The third kappa shape index (κ3) is 5.37. The number of nitrogens with zero attached hydrogens (tertiary/aromatic N) is 1. The molecule has 1 amide bonds. The number of ketones is 1. The maximum Gasteiger partial charge on any atom is 0.222 e. The second kappa shape index (κ2) is 9.41. The Bertz CT molecular complexity index is 1370. The molecule has 2 heterocycles. The Morgan fingerprint density at radius 3 is 2.51 bits per heavy atom. The number of hydrogen-bond donors (Lipinski definition) is 2. The zero-order valence-corrected chi connectivity index (χ0v) is 21.3. The summed E-state index contributed by atoms with van der Waals surface area (Å²) >= 11 is 0. The molecule has 0 saturated heterocycles. The Kier molecular flexibility index (Phi) is 6.68. The normalized spacial score (nSPS) is 16.1. The Labute approximate surface area is 206 Å². The average molecular weight is 494 g/mol. The van der Waals surface area contributed by atoms with Crippen molar-refractivity contribution < 1.29 is 18.0 Å². The van der Waals surface area contributed by atoms with E-state index >= 15 is 0 Å². The average Bonchev–Trinajstić information content (AvgIpc) is 3.11. The number of carbonyl (C=O) groups excluding carboxylic acids is 2. The summed E-state index contributed by atoms with van der Waals surface area (Å²) in [6, 6.07) is 13.5. The number of anilines is 1. The smallest absolute Gasteiger partial charge is 0.222 e. The van der Waals surface area contributed by atoms with Crippen LogP contribution in [0.3, 0.4) is 0 Å². The zero-order valence-electron chi connectivity index (χ0n) is 20.5. The lowest BCUT2D eigenvalue weighted by molar-refractivity contribution is -0.114. The third-order valence-corrected chi connectivity index (χ3v) is 9.17. The second-order valence-electron chi connectivity index (χ2n) is 10.2. The molecule has 1 aromatic carbocycles. The van der Waals surface area contributed by atoms with Crippen molar-refractivity contribution in [1.29, 1.82) is 0 Å². The fourth-order valence-corrected chi connectivity index (χ4v) is 5.90. The highest BCUT2D eigenvalue weighted by Crippen LogP contribution is 2.37. The zero-order chi connectivity index (χ0) is 25.4. The van der Waals surface area contributed by atoms with Crippen LogP contribution in [0.25, 0.3) is 11.3 Å². The number of nitrogens with one attached hydrogen (secondary N) is 2. The molecule has 8 heteroatoms. The van der Waals surface area contributed by atoms with Crippen LogP contribution in [0, 0.1) is 5.92 Å². The lowest BCUT2D eigenvalue weighted by Gasteiger charge is -2.26. The van der Waals surface area contributed by atoms with Gasteiger partial charge >= 0.3 is 0 Å². The number of hydrogen-bond acceptors (Lipinski definition) is 5. The minimum atomic E-state index is -3.36. The number of pyridine rings is 1. The molecule has 35 heavy (non-hydrogen) atoms. The first kappa shape index (κ1) is 24.9. The van der Waals surface area contributed by atoms with Gasteiger partial charge in [0.15, 0.2) is 15.6 Å². The number of aromatic amines is 1. The molecule has 0 spiro atoms. The molecule has 1 atom stereocenters. The fourth-order valence-electron chi connectivity index (χ4n) is 4.55. The lowest BCUT2D eigenvalue weighted by atomic mass is 9.84. The van der Waals surface area contributed by atoms with E-state index in [4.69, 9.17) is 0 Å². The van der Waals surface area contributed by atoms with Gasteiger partial charge in [-0.3, -0.25) is 9.59 Å². The fraction of sp³-hybridized carbons (Fsp3) is 0.370. The minimum absolute atomic E-state index is 0.0218. The van der Waals surface area contributed by atoms with Gasteiger partial charge in [0.05, 0.1) is 16.2 Å². The van der Waals surface area contributed by atoms with Gasteiger partial charge in [0, 0.05) is 42.8 Å². The quantitative estimate of drug-likeness (QED) is 0.522. The molecule has 184 valence electrons. The van der Waals surface area contributed by atoms with Crippen LogP contribution >= 0.6 is 0 Å². The summed E-state index contributed by atoms with van der Waals surface area (Å²) in [5.74, 6) is -0.129. The summed E-state index contributed by atoms with van der Waals surface area (Å²) in [5, 5.41) is 2.70. The summed E-state index contributed by atoms with van der Waals surface area (Å²) in [6.07, 6.45) is 2.86. The van der Waals surface area contributed by atoms with Gasteiger partial charge < -0.3 is 10.3 Å².